The first-order valence-corrected chi connectivity index (χ1v) is 9.37. The van der Waals surface area contributed by atoms with Gasteiger partial charge in [-0.25, -0.2) is 0 Å². The van der Waals surface area contributed by atoms with Crippen LogP contribution in [0.4, 0.5) is 5.69 Å². The van der Waals surface area contributed by atoms with Gasteiger partial charge < -0.3 is 15.4 Å². The van der Waals surface area contributed by atoms with Gasteiger partial charge >= 0.3 is 0 Å². The zero-order valence-electron chi connectivity index (χ0n) is 16.4. The Hall–Kier alpha value is -3.67. The van der Waals surface area contributed by atoms with Crippen LogP contribution in [0.3, 0.4) is 0 Å². The monoisotopic (exact) mass is 389 g/mol. The van der Waals surface area contributed by atoms with Crippen molar-refractivity contribution in [1.82, 2.24) is 10.3 Å². The number of amides is 2. The molecular formula is C23H23N3O3. The normalized spacial score (nSPS) is 10.4. The lowest BCUT2D eigenvalue weighted by atomic mass is 10.1. The molecule has 1 aromatic heterocycles. The first kappa shape index (κ1) is 20.1. The van der Waals surface area contributed by atoms with E-state index in [-0.39, 0.29) is 17.9 Å². The first-order valence-electron chi connectivity index (χ1n) is 9.37. The van der Waals surface area contributed by atoms with Gasteiger partial charge in [0.15, 0.2) is 0 Å². The van der Waals surface area contributed by atoms with E-state index >= 15 is 0 Å². The molecular weight excluding hydrogens is 366 g/mol. The van der Waals surface area contributed by atoms with Crippen molar-refractivity contribution in [2.24, 2.45) is 0 Å². The fraction of sp³-hybridized carbons (Fsp3) is 0.174. The molecule has 3 aromatic rings. The maximum atomic E-state index is 12.8. The average molecular weight is 389 g/mol. The SMILES string of the molecule is CC(C)Oc1ccccc1C(=O)Nc1ccccc1C(=O)NCc1cccnc1. The van der Waals surface area contributed by atoms with Crippen molar-refractivity contribution < 1.29 is 14.3 Å². The van der Waals surface area contributed by atoms with Gasteiger partial charge in [0, 0.05) is 18.9 Å². The number of para-hydroxylation sites is 2. The summed E-state index contributed by atoms with van der Waals surface area (Å²) >= 11 is 0. The molecule has 0 saturated carbocycles. The summed E-state index contributed by atoms with van der Waals surface area (Å²) in [5.41, 5.74) is 2.11. The Morgan fingerprint density at radius 1 is 0.931 bits per heavy atom. The summed E-state index contributed by atoms with van der Waals surface area (Å²) in [6.45, 7) is 4.15. The number of benzene rings is 2. The van der Waals surface area contributed by atoms with Gasteiger partial charge in [0.1, 0.15) is 5.75 Å². The fourth-order valence-electron chi connectivity index (χ4n) is 2.77. The van der Waals surface area contributed by atoms with Crippen LogP contribution < -0.4 is 15.4 Å². The maximum Gasteiger partial charge on any atom is 0.259 e. The summed E-state index contributed by atoms with van der Waals surface area (Å²) in [5.74, 6) is -0.122. The van der Waals surface area contributed by atoms with E-state index in [1.54, 1.807) is 54.9 Å². The molecule has 0 atom stereocenters. The lowest BCUT2D eigenvalue weighted by molar-refractivity contribution is 0.0951. The van der Waals surface area contributed by atoms with E-state index in [1.165, 1.54) is 0 Å². The Labute approximate surface area is 169 Å². The molecule has 6 heteroatoms. The highest BCUT2D eigenvalue weighted by atomic mass is 16.5. The van der Waals surface area contributed by atoms with Crippen molar-refractivity contribution in [3.05, 3.63) is 89.7 Å². The highest BCUT2D eigenvalue weighted by molar-refractivity contribution is 6.10. The Kier molecular flexibility index (Phi) is 6.58. The zero-order chi connectivity index (χ0) is 20.6. The molecule has 1 heterocycles. The minimum atomic E-state index is -0.339. The number of aromatic nitrogens is 1. The van der Waals surface area contributed by atoms with E-state index in [0.717, 1.165) is 5.56 Å². The lowest BCUT2D eigenvalue weighted by Crippen LogP contribution is -2.25. The Morgan fingerprint density at radius 2 is 1.66 bits per heavy atom. The number of hydrogen-bond donors (Lipinski definition) is 2. The van der Waals surface area contributed by atoms with Crippen LogP contribution in [-0.2, 0) is 6.54 Å². The number of carbonyl (C=O) groups is 2. The molecule has 0 radical (unpaired) electrons. The van der Waals surface area contributed by atoms with Gasteiger partial charge in [-0.1, -0.05) is 30.3 Å². The van der Waals surface area contributed by atoms with Gasteiger partial charge in [0.05, 0.1) is 22.9 Å². The van der Waals surface area contributed by atoms with Gasteiger partial charge in [-0.05, 0) is 49.7 Å². The van der Waals surface area contributed by atoms with Gasteiger partial charge in [0.2, 0.25) is 0 Å². The van der Waals surface area contributed by atoms with E-state index in [0.29, 0.717) is 29.1 Å². The molecule has 0 spiro atoms. The molecule has 0 aliphatic rings. The predicted molar refractivity (Wildman–Crippen MR) is 112 cm³/mol. The molecule has 0 aliphatic carbocycles. The molecule has 6 nitrogen and oxygen atoms in total. The van der Waals surface area contributed by atoms with E-state index in [4.69, 9.17) is 4.74 Å². The number of ether oxygens (including phenoxy) is 1. The molecule has 0 aliphatic heterocycles. The smallest absolute Gasteiger partial charge is 0.259 e. The van der Waals surface area contributed by atoms with E-state index in [1.807, 2.05) is 32.0 Å². The lowest BCUT2D eigenvalue weighted by Gasteiger charge is -2.15. The second-order valence-electron chi connectivity index (χ2n) is 6.71. The van der Waals surface area contributed by atoms with Crippen LogP contribution in [0.25, 0.3) is 0 Å². The molecule has 29 heavy (non-hydrogen) atoms. The summed E-state index contributed by atoms with van der Waals surface area (Å²) in [4.78, 5) is 29.5. The van der Waals surface area contributed by atoms with Gasteiger partial charge in [-0.2, -0.15) is 0 Å². The second-order valence-corrected chi connectivity index (χ2v) is 6.71. The highest BCUT2D eigenvalue weighted by Gasteiger charge is 2.17. The van der Waals surface area contributed by atoms with Crippen LogP contribution in [0.2, 0.25) is 0 Å². The highest BCUT2D eigenvalue weighted by Crippen LogP contribution is 2.22. The van der Waals surface area contributed by atoms with E-state index in [9.17, 15) is 9.59 Å². The molecule has 2 amide bonds. The second kappa shape index (κ2) is 9.50. The third kappa shape index (κ3) is 5.42. The van der Waals surface area contributed by atoms with Gasteiger partial charge in [0.25, 0.3) is 11.8 Å². The first-order chi connectivity index (χ1) is 14.0. The van der Waals surface area contributed by atoms with Crippen molar-refractivity contribution in [2.45, 2.75) is 26.5 Å². The van der Waals surface area contributed by atoms with Crippen LogP contribution >= 0.6 is 0 Å². The molecule has 2 aromatic carbocycles. The van der Waals surface area contributed by atoms with E-state index < -0.39 is 0 Å². The molecule has 3 rings (SSSR count). The third-order valence-corrected chi connectivity index (χ3v) is 4.09. The quantitative estimate of drug-likeness (QED) is 0.639. The van der Waals surface area contributed by atoms with Crippen LogP contribution in [-0.4, -0.2) is 22.9 Å². The maximum absolute atomic E-state index is 12.8. The standard InChI is InChI=1S/C23H23N3O3/c1-16(2)29-21-12-6-4-10-19(21)23(28)26-20-11-5-3-9-18(20)22(27)25-15-17-8-7-13-24-14-17/h3-14,16H,15H2,1-2H3,(H,25,27)(H,26,28). The zero-order valence-corrected chi connectivity index (χ0v) is 16.4. The van der Waals surface area contributed by atoms with Gasteiger partial charge in [-0.15, -0.1) is 0 Å². The van der Waals surface area contributed by atoms with Crippen molar-refractivity contribution in [3.8, 4) is 5.75 Å². The molecule has 148 valence electrons. The fourth-order valence-corrected chi connectivity index (χ4v) is 2.77. The summed E-state index contributed by atoms with van der Waals surface area (Å²) in [7, 11) is 0. The number of nitrogens with one attached hydrogen (secondary N) is 2. The average Bonchev–Trinajstić information content (AvgIpc) is 2.73. The number of carbonyl (C=O) groups excluding carboxylic acids is 2. The number of nitrogens with zero attached hydrogens (tertiary/aromatic N) is 1. The van der Waals surface area contributed by atoms with Crippen molar-refractivity contribution in [2.75, 3.05) is 5.32 Å². The Balaban J connectivity index is 1.75. The third-order valence-electron chi connectivity index (χ3n) is 4.09. The minimum Gasteiger partial charge on any atom is -0.490 e. The largest absolute Gasteiger partial charge is 0.490 e. The van der Waals surface area contributed by atoms with Crippen LogP contribution in [0.1, 0.15) is 40.1 Å². The summed E-state index contributed by atoms with van der Waals surface area (Å²) in [6, 6.07) is 17.6. The van der Waals surface area contributed by atoms with E-state index in [2.05, 4.69) is 15.6 Å². The topological polar surface area (TPSA) is 80.3 Å². The van der Waals surface area contributed by atoms with Crippen LogP contribution in [0, 0.1) is 0 Å². The predicted octanol–water partition coefficient (Wildman–Crippen LogP) is 4.05. The number of anilines is 1. The van der Waals surface area contributed by atoms with Crippen molar-refractivity contribution in [1.29, 1.82) is 0 Å². The molecule has 0 unspecified atom stereocenters. The molecule has 0 saturated heterocycles. The summed E-state index contributed by atoms with van der Waals surface area (Å²) in [5, 5.41) is 5.68. The molecule has 0 fully saturated rings. The molecule has 0 bridgehead atoms. The summed E-state index contributed by atoms with van der Waals surface area (Å²) < 4.78 is 5.72. The number of rotatable bonds is 7. The Morgan fingerprint density at radius 3 is 2.38 bits per heavy atom. The van der Waals surface area contributed by atoms with Crippen molar-refractivity contribution >= 4 is 17.5 Å². The summed E-state index contributed by atoms with van der Waals surface area (Å²) in [6.07, 6.45) is 3.31. The van der Waals surface area contributed by atoms with Crippen molar-refractivity contribution in [3.63, 3.8) is 0 Å². The molecule has 2 N–H and O–H groups in total. The Bertz CT molecular complexity index is 987. The van der Waals surface area contributed by atoms with Crippen LogP contribution in [0.5, 0.6) is 5.75 Å². The number of pyridine rings is 1. The van der Waals surface area contributed by atoms with Gasteiger partial charge in [-0.3, -0.25) is 14.6 Å². The number of hydrogen-bond acceptors (Lipinski definition) is 4. The van der Waals surface area contributed by atoms with Crippen LogP contribution in [0.15, 0.2) is 73.1 Å². The minimum absolute atomic E-state index is 0.0607.